The number of hydrogen-bond donors (Lipinski definition) is 3. The van der Waals surface area contributed by atoms with Gasteiger partial charge in [0.25, 0.3) is 5.91 Å². The summed E-state index contributed by atoms with van der Waals surface area (Å²) in [5, 5.41) is 29.9. The van der Waals surface area contributed by atoms with E-state index in [1.54, 1.807) is 119 Å². The lowest BCUT2D eigenvalue weighted by molar-refractivity contribution is -0.346. The van der Waals surface area contributed by atoms with E-state index in [1.165, 1.54) is 26.0 Å². The molecule has 4 unspecified atom stereocenters. The van der Waals surface area contributed by atoms with E-state index in [0.717, 1.165) is 6.92 Å². The first kappa shape index (κ1) is 57.9. The predicted molar refractivity (Wildman–Crippen MR) is 302 cm³/mol. The van der Waals surface area contributed by atoms with Gasteiger partial charge in [0.15, 0.2) is 23.6 Å². The molecule has 16 heteroatoms. The van der Waals surface area contributed by atoms with Crippen molar-refractivity contribution >= 4 is 35.6 Å². The highest BCUT2D eigenvalue weighted by Crippen LogP contribution is 2.64. The van der Waals surface area contributed by atoms with Crippen LogP contribution in [-0.2, 0) is 53.2 Å². The number of aliphatic hydroxyl groups is 2. The minimum absolute atomic E-state index is 0.000938. The van der Waals surface area contributed by atoms with E-state index < -0.39 is 118 Å². The molecule has 1 heterocycles. The molecule has 10 rings (SSSR count). The SMILES string of the molecule is COc1ccc(C(O[C@@H](C(=O)OC2C[C@@]3(O)C(OC(=O)c4ccccc4)C4[C@@]5(OC(C)=O)COC5C[C@H](O)[C@@]4(C)C(=O)[C@H](OC(C)=O)C(=C2C)C3(C)C)[C@@H](NC(=O)c2ccccc2)c2ccccc2)(c2ccccc2)c2ccccc2)cc1. The van der Waals surface area contributed by atoms with E-state index in [1.807, 2.05) is 72.8 Å². The zero-order valence-corrected chi connectivity index (χ0v) is 47.2. The molecule has 83 heavy (non-hydrogen) atoms. The van der Waals surface area contributed by atoms with Crippen molar-refractivity contribution in [2.24, 2.45) is 16.7 Å². The molecule has 3 N–H and O–H groups in total. The fourth-order valence-corrected chi connectivity index (χ4v) is 13.4. The number of carbonyl (C=O) groups is 6. The summed E-state index contributed by atoms with van der Waals surface area (Å²) >= 11 is 0. The van der Waals surface area contributed by atoms with Crippen molar-refractivity contribution < 1.29 is 72.1 Å². The molecule has 2 bridgehead atoms. The Hall–Kier alpha value is -8.28. The van der Waals surface area contributed by atoms with Crippen molar-refractivity contribution in [1.29, 1.82) is 0 Å². The molecule has 0 aromatic heterocycles. The second-order valence-corrected chi connectivity index (χ2v) is 22.6. The van der Waals surface area contributed by atoms with Crippen molar-refractivity contribution in [3.8, 4) is 5.75 Å². The molecule has 11 atom stereocenters. The van der Waals surface area contributed by atoms with Crippen LogP contribution in [0.15, 0.2) is 187 Å². The normalized spacial score (nSPS) is 26.8. The second-order valence-electron chi connectivity index (χ2n) is 22.6. The van der Waals surface area contributed by atoms with Gasteiger partial charge in [-0.15, -0.1) is 0 Å². The number of esters is 4. The number of amides is 1. The maximum Gasteiger partial charge on any atom is 0.338 e. The van der Waals surface area contributed by atoms with Crippen LogP contribution in [0.1, 0.15) is 103 Å². The lowest BCUT2D eigenvalue weighted by Crippen LogP contribution is -2.82. The molecule has 1 amide bonds. The maximum atomic E-state index is 16.5. The van der Waals surface area contributed by atoms with Crippen LogP contribution < -0.4 is 10.1 Å². The largest absolute Gasteiger partial charge is 0.497 e. The third-order valence-corrected chi connectivity index (χ3v) is 17.6. The van der Waals surface area contributed by atoms with E-state index in [4.69, 9.17) is 33.2 Å². The van der Waals surface area contributed by atoms with E-state index >= 15 is 9.59 Å². The van der Waals surface area contributed by atoms with Crippen LogP contribution in [-0.4, -0.2) is 107 Å². The predicted octanol–water partition coefficient (Wildman–Crippen LogP) is 8.76. The minimum atomic E-state index is -2.47. The van der Waals surface area contributed by atoms with Crippen molar-refractivity contribution in [2.75, 3.05) is 13.7 Å². The van der Waals surface area contributed by atoms with Gasteiger partial charge in [-0.25, -0.2) is 9.59 Å². The van der Waals surface area contributed by atoms with Gasteiger partial charge >= 0.3 is 23.9 Å². The number of carbonyl (C=O) groups excluding carboxylic acids is 6. The summed E-state index contributed by atoms with van der Waals surface area (Å²) < 4.78 is 45.2. The Labute approximate surface area is 481 Å². The summed E-state index contributed by atoms with van der Waals surface area (Å²) in [7, 11) is 1.55. The summed E-state index contributed by atoms with van der Waals surface area (Å²) in [5.74, 6) is -6.17. The first-order chi connectivity index (χ1) is 39.7. The second kappa shape index (κ2) is 22.8. The number of benzene rings is 6. The number of fused-ring (bicyclic) bond motifs is 5. The summed E-state index contributed by atoms with van der Waals surface area (Å²) in [5.41, 5.74) is -7.16. The average Bonchev–Trinajstić information content (AvgIpc) is 0.953. The molecule has 430 valence electrons. The lowest BCUT2D eigenvalue weighted by atomic mass is 9.44. The summed E-state index contributed by atoms with van der Waals surface area (Å²) in [6, 6.07) is 49.5. The average molecular weight is 1130 g/mol. The number of rotatable bonds is 16. The van der Waals surface area contributed by atoms with Crippen LogP contribution in [0.3, 0.4) is 0 Å². The first-order valence-electron chi connectivity index (χ1n) is 27.7. The van der Waals surface area contributed by atoms with Crippen LogP contribution >= 0.6 is 0 Å². The molecule has 6 aromatic carbocycles. The molecular weight excluding hydrogens is 1060 g/mol. The van der Waals surface area contributed by atoms with Crippen LogP contribution in [0.5, 0.6) is 5.75 Å². The molecule has 1 saturated heterocycles. The molecular formula is C67H67NO15. The molecule has 16 nitrogen and oxygen atoms in total. The van der Waals surface area contributed by atoms with E-state index in [0.29, 0.717) is 28.0 Å². The number of ether oxygens (including phenoxy) is 7. The van der Waals surface area contributed by atoms with Crippen molar-refractivity contribution in [2.45, 2.75) is 114 Å². The highest BCUT2D eigenvalue weighted by molar-refractivity contribution is 5.96. The lowest BCUT2D eigenvalue weighted by Gasteiger charge is -2.67. The van der Waals surface area contributed by atoms with Crippen molar-refractivity contribution in [3.63, 3.8) is 0 Å². The molecule has 3 aliphatic carbocycles. The van der Waals surface area contributed by atoms with Gasteiger partial charge in [0.1, 0.15) is 35.3 Å². The topological polar surface area (TPSA) is 220 Å². The molecule has 0 spiro atoms. The van der Waals surface area contributed by atoms with Gasteiger partial charge in [0.05, 0.1) is 42.8 Å². The van der Waals surface area contributed by atoms with Crippen LogP contribution in [0, 0.1) is 16.7 Å². The maximum absolute atomic E-state index is 16.5. The van der Waals surface area contributed by atoms with E-state index in [2.05, 4.69) is 5.32 Å². The minimum Gasteiger partial charge on any atom is -0.497 e. The number of methoxy groups -OCH3 is 1. The monoisotopic (exact) mass is 1130 g/mol. The number of Topliss-reactive ketones (excluding diaryl/α,β-unsaturated/α-hetero) is 1. The Balaban J connectivity index is 1.21. The van der Waals surface area contributed by atoms with Crippen LogP contribution in [0.25, 0.3) is 0 Å². The highest BCUT2D eigenvalue weighted by Gasteiger charge is 2.78. The quantitative estimate of drug-likeness (QED) is 0.0357. The Morgan fingerprint density at radius 3 is 1.73 bits per heavy atom. The number of hydrogen-bond acceptors (Lipinski definition) is 15. The fourth-order valence-electron chi connectivity index (χ4n) is 13.4. The van der Waals surface area contributed by atoms with Crippen molar-refractivity contribution in [3.05, 3.63) is 220 Å². The Bertz CT molecular complexity index is 3370. The Morgan fingerprint density at radius 2 is 1.22 bits per heavy atom. The van der Waals surface area contributed by atoms with Crippen molar-refractivity contribution in [1.82, 2.24) is 5.32 Å². The third-order valence-electron chi connectivity index (χ3n) is 17.6. The molecule has 6 aromatic rings. The number of nitrogens with one attached hydrogen (secondary N) is 1. The number of ketones is 1. The highest BCUT2D eigenvalue weighted by atomic mass is 16.6. The summed E-state index contributed by atoms with van der Waals surface area (Å²) in [6.07, 6.45) is -10.6. The zero-order chi connectivity index (χ0) is 59.1. The van der Waals surface area contributed by atoms with Gasteiger partial charge < -0.3 is 48.7 Å². The molecule has 2 saturated carbocycles. The van der Waals surface area contributed by atoms with Gasteiger partial charge in [0, 0.05) is 37.7 Å². The molecule has 0 radical (unpaired) electrons. The molecule has 4 aliphatic rings. The van der Waals surface area contributed by atoms with Crippen LogP contribution in [0.4, 0.5) is 0 Å². The van der Waals surface area contributed by atoms with Gasteiger partial charge in [-0.1, -0.05) is 153 Å². The first-order valence-corrected chi connectivity index (χ1v) is 27.7. The molecule has 1 aliphatic heterocycles. The van der Waals surface area contributed by atoms with E-state index in [9.17, 15) is 29.4 Å². The summed E-state index contributed by atoms with van der Waals surface area (Å²) in [4.78, 5) is 89.0. The number of aliphatic hydroxyl groups excluding tert-OH is 1. The van der Waals surface area contributed by atoms with Crippen LogP contribution in [0.2, 0.25) is 0 Å². The zero-order valence-electron chi connectivity index (χ0n) is 47.2. The van der Waals surface area contributed by atoms with Gasteiger partial charge in [-0.2, -0.15) is 0 Å². The van der Waals surface area contributed by atoms with Gasteiger partial charge in [-0.3, -0.25) is 19.2 Å². The molecule has 3 fully saturated rings. The Morgan fingerprint density at radius 1 is 0.687 bits per heavy atom. The smallest absolute Gasteiger partial charge is 0.338 e. The van der Waals surface area contributed by atoms with E-state index in [-0.39, 0.29) is 35.3 Å². The third kappa shape index (κ3) is 10.1. The van der Waals surface area contributed by atoms with Gasteiger partial charge in [0.2, 0.25) is 0 Å². The standard InChI is InChI=1S/C67H67NO15/c1-40-50(38-66(76)59(81-61(74)45-27-17-10-18-28-45)57-64(6,51(71)37-52-65(57,39-78-52)82-42(3)70)58(72)55(79-41(2)69)53(40)63(66,4)5)80-62(75)56(54(43-23-13-8-14-24-43)68-60(73)44-25-15-9-16-26-44)83-67(46-29-19-11-20-30-46,47-31-21-12-22-32-47)48-33-35-49(77-7)36-34-48/h8-36,50-52,54-57,59,71,76H,37-39H2,1-7H3,(H,68,73)/t50?,51-,52?,54-,55+,56+,57?,59?,64+,65+,66+/m0/s1. The Kier molecular flexibility index (Phi) is 15.9. The summed E-state index contributed by atoms with van der Waals surface area (Å²) in [6.45, 7) is 8.18. The van der Waals surface area contributed by atoms with Gasteiger partial charge in [-0.05, 0) is 83.6 Å². The fraction of sp³-hybridized carbons (Fsp3) is 0.343.